The molecule has 0 bridgehead atoms. The molecule has 8 nitrogen and oxygen atoms in total. The molecule has 8 heteroatoms. The highest BCUT2D eigenvalue weighted by Crippen LogP contribution is 2.41. The molecule has 82 valence electrons. The Bertz CT molecular complexity index is 396. The van der Waals surface area contributed by atoms with Crippen molar-refractivity contribution in [1.29, 1.82) is 0 Å². The monoisotopic (exact) mass is 216 g/mol. The van der Waals surface area contributed by atoms with E-state index in [1.807, 2.05) is 0 Å². The van der Waals surface area contributed by atoms with Crippen molar-refractivity contribution in [3.05, 3.63) is 15.9 Å². The zero-order valence-electron chi connectivity index (χ0n) is 7.96. The number of hydrogen-bond donors (Lipinski definition) is 1. The van der Waals surface area contributed by atoms with Crippen LogP contribution in [0.2, 0.25) is 0 Å². The highest BCUT2D eigenvalue weighted by Gasteiger charge is 2.30. The number of furan rings is 1. The predicted octanol–water partition coefficient (Wildman–Crippen LogP) is 1.01. The molecular weight excluding hydrogens is 208 g/mol. The van der Waals surface area contributed by atoms with Gasteiger partial charge in [-0.15, -0.1) is 0 Å². The lowest BCUT2D eigenvalue weighted by atomic mass is 10.4. The van der Waals surface area contributed by atoms with Gasteiger partial charge in [0.15, 0.2) is 0 Å². The molecule has 0 spiro atoms. The summed E-state index contributed by atoms with van der Waals surface area (Å²) in [6.45, 7) is 0. The Hall–Kier alpha value is -2.25. The normalized spacial score (nSPS) is 10.5. The summed E-state index contributed by atoms with van der Waals surface area (Å²) in [6.07, 6.45) is 0.869. The molecule has 0 radical (unpaired) electrons. The standard InChI is InChI=1S/C7H8N2O6/c1-13-5-4(3-8-10)15-7(9(11)12)6(5)14-2/h3,10H,1-2H3/b8-3+. The lowest BCUT2D eigenvalue weighted by Crippen LogP contribution is -1.92. The second-order valence-corrected chi connectivity index (χ2v) is 2.34. The molecule has 1 aromatic heterocycles. The Morgan fingerprint density at radius 2 is 2.07 bits per heavy atom. The van der Waals surface area contributed by atoms with Gasteiger partial charge in [0.05, 0.1) is 14.2 Å². The molecule has 0 aromatic carbocycles. The van der Waals surface area contributed by atoms with E-state index in [9.17, 15) is 10.1 Å². The molecule has 1 N–H and O–H groups in total. The van der Waals surface area contributed by atoms with Gasteiger partial charge >= 0.3 is 5.88 Å². The largest absolute Gasteiger partial charge is 0.489 e. The van der Waals surface area contributed by atoms with E-state index in [2.05, 4.69) is 5.16 Å². The van der Waals surface area contributed by atoms with Crippen molar-refractivity contribution in [1.82, 2.24) is 0 Å². The van der Waals surface area contributed by atoms with Gasteiger partial charge in [-0.3, -0.25) is 10.1 Å². The average molecular weight is 216 g/mol. The third-order valence-corrected chi connectivity index (χ3v) is 1.58. The Morgan fingerprint density at radius 1 is 1.47 bits per heavy atom. The third kappa shape index (κ3) is 1.82. The summed E-state index contributed by atoms with van der Waals surface area (Å²) in [5, 5.41) is 21.5. The molecular formula is C7H8N2O6. The number of oxime groups is 1. The number of nitro groups is 1. The van der Waals surface area contributed by atoms with Crippen LogP contribution in [0.1, 0.15) is 5.76 Å². The molecule has 0 aliphatic rings. The van der Waals surface area contributed by atoms with Crippen LogP contribution in [0.3, 0.4) is 0 Å². The first-order valence-corrected chi connectivity index (χ1v) is 3.72. The van der Waals surface area contributed by atoms with Crippen molar-refractivity contribution in [3.63, 3.8) is 0 Å². The van der Waals surface area contributed by atoms with Crippen molar-refractivity contribution in [2.24, 2.45) is 5.16 Å². The molecule has 0 atom stereocenters. The van der Waals surface area contributed by atoms with Crippen molar-refractivity contribution in [2.75, 3.05) is 14.2 Å². The number of rotatable bonds is 4. The van der Waals surface area contributed by atoms with E-state index in [0.717, 1.165) is 6.21 Å². The van der Waals surface area contributed by atoms with Gasteiger partial charge in [-0.1, -0.05) is 5.16 Å². The van der Waals surface area contributed by atoms with Gasteiger partial charge in [0, 0.05) is 0 Å². The highest BCUT2D eigenvalue weighted by atomic mass is 16.7. The van der Waals surface area contributed by atoms with Crippen LogP contribution in [0.5, 0.6) is 11.5 Å². The fourth-order valence-electron chi connectivity index (χ4n) is 1.04. The molecule has 0 amide bonds. The molecule has 0 saturated carbocycles. The minimum absolute atomic E-state index is 0.00185. The Kier molecular flexibility index (Phi) is 3.11. The zero-order valence-corrected chi connectivity index (χ0v) is 7.96. The van der Waals surface area contributed by atoms with Gasteiger partial charge in [0.2, 0.25) is 11.5 Å². The summed E-state index contributed by atoms with van der Waals surface area (Å²) in [4.78, 5) is 9.77. The molecule has 15 heavy (non-hydrogen) atoms. The highest BCUT2D eigenvalue weighted by molar-refractivity contribution is 5.82. The lowest BCUT2D eigenvalue weighted by molar-refractivity contribution is -0.403. The summed E-state index contributed by atoms with van der Waals surface area (Å²) in [7, 11) is 2.52. The van der Waals surface area contributed by atoms with Crippen molar-refractivity contribution in [3.8, 4) is 11.5 Å². The maximum atomic E-state index is 10.5. The molecule has 0 aliphatic carbocycles. The number of methoxy groups -OCH3 is 2. The Labute approximate surface area is 83.8 Å². The molecule has 0 fully saturated rings. The van der Waals surface area contributed by atoms with E-state index in [-0.39, 0.29) is 17.3 Å². The van der Waals surface area contributed by atoms with Crippen LogP contribution in [-0.4, -0.2) is 30.6 Å². The molecule has 0 aliphatic heterocycles. The first kappa shape index (κ1) is 10.8. The lowest BCUT2D eigenvalue weighted by Gasteiger charge is -1.98. The van der Waals surface area contributed by atoms with Crippen molar-refractivity contribution < 1.29 is 24.0 Å². The second-order valence-electron chi connectivity index (χ2n) is 2.34. The van der Waals surface area contributed by atoms with Crippen LogP contribution in [0.4, 0.5) is 5.88 Å². The van der Waals surface area contributed by atoms with Gasteiger partial charge in [0.25, 0.3) is 5.75 Å². The van der Waals surface area contributed by atoms with E-state index in [1.165, 1.54) is 14.2 Å². The molecule has 0 saturated heterocycles. The van der Waals surface area contributed by atoms with Gasteiger partial charge in [-0.05, 0) is 0 Å². The van der Waals surface area contributed by atoms with Crippen LogP contribution < -0.4 is 9.47 Å². The van der Waals surface area contributed by atoms with Crippen molar-refractivity contribution in [2.45, 2.75) is 0 Å². The van der Waals surface area contributed by atoms with Crippen molar-refractivity contribution >= 4 is 12.1 Å². The van der Waals surface area contributed by atoms with E-state index < -0.39 is 10.8 Å². The SMILES string of the molecule is COc1c(/C=N/O)oc([N+](=O)[O-])c1OC. The average Bonchev–Trinajstić information content (AvgIpc) is 2.56. The fourth-order valence-corrected chi connectivity index (χ4v) is 1.04. The molecule has 1 heterocycles. The van der Waals surface area contributed by atoms with Crippen LogP contribution in [0.15, 0.2) is 9.57 Å². The van der Waals surface area contributed by atoms with E-state index in [4.69, 9.17) is 19.1 Å². The minimum atomic E-state index is -0.768. The summed E-state index contributed by atoms with van der Waals surface area (Å²) in [6, 6.07) is 0. The van der Waals surface area contributed by atoms with Gasteiger partial charge in [-0.2, -0.15) is 0 Å². The number of hydrogen-bond acceptors (Lipinski definition) is 7. The number of ether oxygens (including phenoxy) is 2. The second kappa shape index (κ2) is 4.31. The van der Waals surface area contributed by atoms with E-state index >= 15 is 0 Å². The third-order valence-electron chi connectivity index (χ3n) is 1.58. The zero-order chi connectivity index (χ0) is 11.4. The van der Waals surface area contributed by atoms with Crippen LogP contribution in [-0.2, 0) is 0 Å². The quantitative estimate of drug-likeness (QED) is 0.348. The molecule has 1 rings (SSSR count). The number of nitrogens with zero attached hydrogens (tertiary/aromatic N) is 2. The van der Waals surface area contributed by atoms with Gasteiger partial charge in [-0.25, -0.2) is 0 Å². The Morgan fingerprint density at radius 3 is 2.47 bits per heavy atom. The van der Waals surface area contributed by atoms with Gasteiger partial charge < -0.3 is 19.1 Å². The summed E-state index contributed by atoms with van der Waals surface area (Å²) < 4.78 is 14.3. The van der Waals surface area contributed by atoms with Crippen LogP contribution in [0.25, 0.3) is 0 Å². The first-order valence-electron chi connectivity index (χ1n) is 3.72. The maximum Gasteiger partial charge on any atom is 0.480 e. The molecule has 1 aromatic rings. The fraction of sp³-hybridized carbons (Fsp3) is 0.286. The smallest absolute Gasteiger partial charge is 0.480 e. The first-order chi connectivity index (χ1) is 7.15. The summed E-state index contributed by atoms with van der Waals surface area (Å²) >= 11 is 0. The summed E-state index contributed by atoms with van der Waals surface area (Å²) in [5.41, 5.74) is 0. The summed E-state index contributed by atoms with van der Waals surface area (Å²) in [5.74, 6) is -0.854. The maximum absolute atomic E-state index is 10.5. The van der Waals surface area contributed by atoms with Crippen LogP contribution >= 0.6 is 0 Å². The molecule has 0 unspecified atom stereocenters. The minimum Gasteiger partial charge on any atom is -0.489 e. The predicted molar refractivity (Wildman–Crippen MR) is 47.8 cm³/mol. The Balaban J connectivity index is 3.36. The van der Waals surface area contributed by atoms with E-state index in [1.54, 1.807) is 0 Å². The van der Waals surface area contributed by atoms with Crippen LogP contribution in [0, 0.1) is 10.1 Å². The topological polar surface area (TPSA) is 107 Å². The van der Waals surface area contributed by atoms with Gasteiger partial charge in [0.1, 0.15) is 11.1 Å². The van der Waals surface area contributed by atoms with E-state index in [0.29, 0.717) is 0 Å².